The van der Waals surface area contributed by atoms with Crippen molar-refractivity contribution in [2.45, 2.75) is 19.8 Å². The maximum atomic E-state index is 12.8. The molecule has 0 atom stereocenters. The Balaban J connectivity index is 2.01. The van der Waals surface area contributed by atoms with Gasteiger partial charge >= 0.3 is 5.97 Å². The van der Waals surface area contributed by atoms with Crippen molar-refractivity contribution in [2.24, 2.45) is 0 Å². The number of anilines is 1. The Kier molecular flexibility index (Phi) is 5.20. The van der Waals surface area contributed by atoms with E-state index in [1.54, 1.807) is 12.1 Å². The number of carbonyl (C=O) groups excluding carboxylic acids is 1. The first-order valence-corrected chi connectivity index (χ1v) is 9.46. The molecule has 0 saturated heterocycles. The Morgan fingerprint density at radius 3 is 2.68 bits per heavy atom. The average molecular weight is 418 g/mol. The minimum atomic E-state index is -1.08. The fourth-order valence-corrected chi connectivity index (χ4v) is 4.27. The summed E-state index contributed by atoms with van der Waals surface area (Å²) in [4.78, 5) is 24.9. The first-order valence-electron chi connectivity index (χ1n) is 7.86. The smallest absolute Gasteiger partial charge is 0.337 e. The topological polar surface area (TPSA) is 66.4 Å². The predicted octanol–water partition coefficient (Wildman–Crippen LogP) is 5.57. The molecule has 0 fully saturated rings. The van der Waals surface area contributed by atoms with Crippen LogP contribution in [0.15, 0.2) is 46.9 Å². The fourth-order valence-electron chi connectivity index (χ4n) is 2.76. The molecule has 1 heterocycles. The Bertz CT molecular complexity index is 964. The first-order chi connectivity index (χ1) is 12.0. The molecular formula is C19H16BrNO3S. The second-order valence-electron chi connectivity index (χ2n) is 5.61. The number of aryl methyl sites for hydroxylation is 1. The minimum absolute atomic E-state index is 0.0564. The van der Waals surface area contributed by atoms with Crippen molar-refractivity contribution in [3.8, 4) is 0 Å². The van der Waals surface area contributed by atoms with Crippen LogP contribution in [0.5, 0.6) is 0 Å². The number of rotatable bonds is 5. The lowest BCUT2D eigenvalue weighted by Crippen LogP contribution is -2.15. The normalized spacial score (nSPS) is 10.8. The molecule has 0 unspecified atom stereocenters. The molecule has 0 bridgehead atoms. The fraction of sp³-hybridized carbons (Fsp3) is 0.158. The molecule has 1 aromatic heterocycles. The number of fused-ring (bicyclic) bond motifs is 1. The van der Waals surface area contributed by atoms with Gasteiger partial charge in [0.05, 0.1) is 16.1 Å². The standard InChI is InChI=1S/C19H16BrNO3S/c1-2-5-13-12-6-3-4-7-16(12)25-17(13)18(22)21-15-9-8-11(20)10-14(15)19(23)24/h3-4,6-10H,2,5H2,1H3,(H,21,22)(H,23,24). The van der Waals surface area contributed by atoms with Crippen molar-refractivity contribution in [1.82, 2.24) is 0 Å². The molecule has 0 aliphatic carbocycles. The number of hydrogen-bond donors (Lipinski definition) is 2. The molecule has 6 heteroatoms. The molecule has 0 aliphatic rings. The van der Waals surface area contributed by atoms with Gasteiger partial charge < -0.3 is 10.4 Å². The zero-order chi connectivity index (χ0) is 18.0. The molecule has 0 saturated carbocycles. The van der Waals surface area contributed by atoms with Crippen LogP contribution in [0, 0.1) is 0 Å². The minimum Gasteiger partial charge on any atom is -0.478 e. The van der Waals surface area contributed by atoms with Crippen LogP contribution in [0.2, 0.25) is 0 Å². The summed E-state index contributed by atoms with van der Waals surface area (Å²) in [5.41, 5.74) is 1.37. The van der Waals surface area contributed by atoms with Crippen LogP contribution in [0.3, 0.4) is 0 Å². The molecule has 128 valence electrons. The molecule has 0 spiro atoms. The van der Waals surface area contributed by atoms with E-state index in [1.165, 1.54) is 17.4 Å². The monoisotopic (exact) mass is 417 g/mol. The van der Waals surface area contributed by atoms with E-state index >= 15 is 0 Å². The van der Waals surface area contributed by atoms with Crippen LogP contribution in [-0.4, -0.2) is 17.0 Å². The summed E-state index contributed by atoms with van der Waals surface area (Å²) in [7, 11) is 0. The summed E-state index contributed by atoms with van der Waals surface area (Å²) < 4.78 is 1.71. The van der Waals surface area contributed by atoms with E-state index in [0.29, 0.717) is 15.0 Å². The molecule has 1 amide bonds. The third-order valence-corrected chi connectivity index (χ3v) is 5.57. The molecular weight excluding hydrogens is 402 g/mol. The van der Waals surface area contributed by atoms with Crippen molar-refractivity contribution in [3.63, 3.8) is 0 Å². The van der Waals surface area contributed by atoms with E-state index < -0.39 is 5.97 Å². The highest BCUT2D eigenvalue weighted by molar-refractivity contribution is 9.10. The molecule has 0 aliphatic heterocycles. The highest BCUT2D eigenvalue weighted by Crippen LogP contribution is 2.33. The number of carboxylic acid groups (broad SMARTS) is 1. The van der Waals surface area contributed by atoms with Crippen molar-refractivity contribution >= 4 is 54.9 Å². The molecule has 3 aromatic rings. The number of benzene rings is 2. The Labute approximate surface area is 157 Å². The zero-order valence-electron chi connectivity index (χ0n) is 13.5. The van der Waals surface area contributed by atoms with Gasteiger partial charge in [-0.15, -0.1) is 11.3 Å². The lowest BCUT2D eigenvalue weighted by Gasteiger charge is -2.09. The van der Waals surface area contributed by atoms with E-state index in [9.17, 15) is 14.7 Å². The summed E-state index contributed by atoms with van der Waals surface area (Å²) in [5, 5.41) is 13.2. The quantitative estimate of drug-likeness (QED) is 0.570. The summed E-state index contributed by atoms with van der Waals surface area (Å²) in [5.74, 6) is -1.35. The highest BCUT2D eigenvalue weighted by atomic mass is 79.9. The third kappa shape index (κ3) is 3.60. The second kappa shape index (κ2) is 7.37. The SMILES string of the molecule is CCCc1c(C(=O)Nc2ccc(Br)cc2C(=O)O)sc2ccccc12. The van der Waals surface area contributed by atoms with E-state index in [2.05, 4.69) is 28.2 Å². The number of amides is 1. The predicted molar refractivity (Wildman–Crippen MR) is 105 cm³/mol. The first kappa shape index (κ1) is 17.6. The van der Waals surface area contributed by atoms with Gasteiger partial charge in [0, 0.05) is 9.17 Å². The lowest BCUT2D eigenvalue weighted by molar-refractivity contribution is 0.0698. The van der Waals surface area contributed by atoms with Crippen LogP contribution >= 0.6 is 27.3 Å². The van der Waals surface area contributed by atoms with Gasteiger partial charge in [0.1, 0.15) is 0 Å². The molecule has 4 nitrogen and oxygen atoms in total. The van der Waals surface area contributed by atoms with Crippen LogP contribution in [-0.2, 0) is 6.42 Å². The van der Waals surface area contributed by atoms with Crippen molar-refractivity contribution in [2.75, 3.05) is 5.32 Å². The van der Waals surface area contributed by atoms with E-state index in [-0.39, 0.29) is 11.5 Å². The molecule has 2 aromatic carbocycles. The van der Waals surface area contributed by atoms with Gasteiger partial charge in [-0.25, -0.2) is 4.79 Å². The lowest BCUT2D eigenvalue weighted by atomic mass is 10.1. The summed E-state index contributed by atoms with van der Waals surface area (Å²) in [6, 6.07) is 12.7. The van der Waals surface area contributed by atoms with Crippen LogP contribution in [0.4, 0.5) is 5.69 Å². The van der Waals surface area contributed by atoms with Crippen molar-refractivity contribution < 1.29 is 14.7 Å². The van der Waals surface area contributed by atoms with Gasteiger partial charge in [-0.1, -0.05) is 47.5 Å². The van der Waals surface area contributed by atoms with E-state index in [4.69, 9.17) is 0 Å². The number of aromatic carboxylic acids is 1. The van der Waals surface area contributed by atoms with Gasteiger partial charge in [-0.05, 0) is 41.6 Å². The highest BCUT2D eigenvalue weighted by Gasteiger charge is 2.20. The van der Waals surface area contributed by atoms with Gasteiger partial charge in [0.2, 0.25) is 0 Å². The number of nitrogens with one attached hydrogen (secondary N) is 1. The Morgan fingerprint density at radius 1 is 1.20 bits per heavy atom. The largest absolute Gasteiger partial charge is 0.478 e. The number of halogens is 1. The summed E-state index contributed by atoms with van der Waals surface area (Å²) in [6.07, 6.45) is 1.73. The molecule has 25 heavy (non-hydrogen) atoms. The Hall–Kier alpha value is -2.18. The van der Waals surface area contributed by atoms with E-state index in [1.807, 2.05) is 24.3 Å². The number of carboxylic acids is 1. The van der Waals surface area contributed by atoms with Gasteiger partial charge in [0.15, 0.2) is 0 Å². The van der Waals surface area contributed by atoms with Crippen molar-refractivity contribution in [3.05, 3.63) is 62.9 Å². The average Bonchev–Trinajstić information content (AvgIpc) is 2.95. The number of hydrogen-bond acceptors (Lipinski definition) is 3. The van der Waals surface area contributed by atoms with Gasteiger partial charge in [-0.3, -0.25) is 4.79 Å². The van der Waals surface area contributed by atoms with Crippen LogP contribution in [0.1, 0.15) is 38.9 Å². The molecule has 0 radical (unpaired) electrons. The molecule has 3 rings (SSSR count). The van der Waals surface area contributed by atoms with Gasteiger partial charge in [-0.2, -0.15) is 0 Å². The third-order valence-electron chi connectivity index (χ3n) is 3.86. The maximum absolute atomic E-state index is 12.8. The van der Waals surface area contributed by atoms with E-state index in [0.717, 1.165) is 28.5 Å². The number of carbonyl (C=O) groups is 2. The maximum Gasteiger partial charge on any atom is 0.337 e. The molecule has 2 N–H and O–H groups in total. The summed E-state index contributed by atoms with van der Waals surface area (Å²) >= 11 is 4.70. The zero-order valence-corrected chi connectivity index (χ0v) is 15.9. The van der Waals surface area contributed by atoms with Gasteiger partial charge in [0.25, 0.3) is 5.91 Å². The van der Waals surface area contributed by atoms with Crippen LogP contribution in [0.25, 0.3) is 10.1 Å². The van der Waals surface area contributed by atoms with Crippen LogP contribution < -0.4 is 5.32 Å². The van der Waals surface area contributed by atoms with Crippen molar-refractivity contribution in [1.29, 1.82) is 0 Å². The number of thiophene rings is 1. The second-order valence-corrected chi connectivity index (χ2v) is 7.57. The summed E-state index contributed by atoms with van der Waals surface area (Å²) in [6.45, 7) is 2.07. The Morgan fingerprint density at radius 2 is 1.96 bits per heavy atom.